The van der Waals surface area contributed by atoms with Crippen molar-refractivity contribution in [1.29, 1.82) is 0 Å². The van der Waals surface area contributed by atoms with Gasteiger partial charge in [-0.2, -0.15) is 0 Å². The summed E-state index contributed by atoms with van der Waals surface area (Å²) in [6.45, 7) is 2.09. The van der Waals surface area contributed by atoms with Crippen LogP contribution in [-0.4, -0.2) is 36.5 Å². The highest BCUT2D eigenvalue weighted by Gasteiger charge is 2.21. The Morgan fingerprint density at radius 3 is 2.45 bits per heavy atom. The number of halogens is 3. The number of ether oxygens (including phenoxy) is 2. The summed E-state index contributed by atoms with van der Waals surface area (Å²) >= 11 is 0.870. The van der Waals surface area contributed by atoms with E-state index in [0.717, 1.165) is 29.0 Å². The highest BCUT2D eigenvalue weighted by molar-refractivity contribution is 7.97. The topological polar surface area (TPSA) is 81.9 Å². The zero-order chi connectivity index (χ0) is 23.0. The molecule has 0 atom stereocenters. The number of benzene rings is 2. The van der Waals surface area contributed by atoms with Gasteiger partial charge in [-0.25, -0.2) is 13.2 Å². The summed E-state index contributed by atoms with van der Waals surface area (Å²) in [5.74, 6) is -3.71. The molecule has 0 saturated heterocycles. The normalized spacial score (nSPS) is 10.6. The van der Waals surface area contributed by atoms with Crippen LogP contribution in [0.15, 0.2) is 35.2 Å². The number of hydrogen-bond donors (Lipinski definition) is 1. The summed E-state index contributed by atoms with van der Waals surface area (Å²) in [4.78, 5) is 26.2. The number of rotatable bonds is 10. The van der Waals surface area contributed by atoms with Crippen molar-refractivity contribution < 1.29 is 32.2 Å². The van der Waals surface area contributed by atoms with E-state index in [4.69, 9.17) is 14.6 Å². The number of carbonyl (C=O) groups excluding carboxylic acids is 2. The highest BCUT2D eigenvalue weighted by atomic mass is 32.2. The van der Waals surface area contributed by atoms with Crippen LogP contribution in [0.4, 0.5) is 13.2 Å². The largest absolute Gasteiger partial charge is 0.483 e. The van der Waals surface area contributed by atoms with Gasteiger partial charge in [0.1, 0.15) is 29.7 Å². The fraction of sp³-hybridized carbons (Fsp3) is 0.333. The molecule has 0 aliphatic carbocycles. The van der Waals surface area contributed by atoms with Crippen LogP contribution in [0.5, 0.6) is 5.75 Å². The first-order valence-electron chi connectivity index (χ1n) is 9.48. The maximum Gasteiger partial charge on any atom is 0.325 e. The third kappa shape index (κ3) is 6.90. The molecule has 0 aliphatic heterocycles. The van der Waals surface area contributed by atoms with E-state index in [1.807, 2.05) is 0 Å². The van der Waals surface area contributed by atoms with E-state index in [0.29, 0.717) is 4.90 Å². The lowest BCUT2D eigenvalue weighted by Gasteiger charge is -2.23. The van der Waals surface area contributed by atoms with Gasteiger partial charge >= 0.3 is 5.97 Å². The Balaban J connectivity index is 2.20. The van der Waals surface area contributed by atoms with Gasteiger partial charge in [-0.05, 0) is 37.4 Å². The van der Waals surface area contributed by atoms with Crippen LogP contribution < -0.4 is 9.88 Å². The van der Waals surface area contributed by atoms with Crippen molar-refractivity contribution in [3.63, 3.8) is 0 Å². The Bertz CT molecular complexity index is 943. The first-order valence-corrected chi connectivity index (χ1v) is 10.4. The lowest BCUT2D eigenvalue weighted by Crippen LogP contribution is -2.39. The minimum absolute atomic E-state index is 0.108. The summed E-state index contributed by atoms with van der Waals surface area (Å²) in [6, 6.07) is 5.95. The molecule has 6 nitrogen and oxygen atoms in total. The molecule has 0 aromatic heterocycles. The van der Waals surface area contributed by atoms with Crippen LogP contribution >= 0.6 is 11.9 Å². The van der Waals surface area contributed by atoms with Gasteiger partial charge in [-0.15, -0.1) is 0 Å². The average molecular weight is 456 g/mol. The van der Waals surface area contributed by atoms with E-state index in [1.165, 1.54) is 12.1 Å². The fourth-order valence-corrected chi connectivity index (χ4v) is 3.13. The second kappa shape index (κ2) is 11.6. The lowest BCUT2D eigenvalue weighted by molar-refractivity contribution is -0.150. The van der Waals surface area contributed by atoms with Crippen molar-refractivity contribution in [2.45, 2.75) is 31.7 Å². The Labute approximate surface area is 182 Å². The molecule has 0 spiro atoms. The van der Waals surface area contributed by atoms with Crippen LogP contribution in [0.2, 0.25) is 0 Å². The zero-order valence-electron chi connectivity index (χ0n) is 17.1. The van der Waals surface area contributed by atoms with E-state index in [-0.39, 0.29) is 36.4 Å². The maximum atomic E-state index is 14.3. The van der Waals surface area contributed by atoms with Crippen molar-refractivity contribution in [3.05, 3.63) is 58.9 Å². The number of amides is 1. The molecule has 168 valence electrons. The van der Waals surface area contributed by atoms with Gasteiger partial charge in [-0.3, -0.25) is 14.7 Å². The molecule has 2 N–H and O–H groups in total. The fourth-order valence-electron chi connectivity index (χ4n) is 2.81. The van der Waals surface area contributed by atoms with Crippen molar-refractivity contribution >= 4 is 23.8 Å². The van der Waals surface area contributed by atoms with Crippen LogP contribution in [0.1, 0.15) is 25.0 Å². The zero-order valence-corrected chi connectivity index (χ0v) is 17.9. The average Bonchev–Trinajstić information content (AvgIpc) is 2.72. The lowest BCUT2D eigenvalue weighted by atomic mass is 10.1. The molecule has 0 aliphatic rings. The number of nitrogens with two attached hydrogens (primary N) is 1. The van der Waals surface area contributed by atoms with E-state index >= 15 is 0 Å². The van der Waals surface area contributed by atoms with Crippen molar-refractivity contribution in [2.24, 2.45) is 5.14 Å². The predicted molar refractivity (Wildman–Crippen MR) is 110 cm³/mol. The third-order valence-electron chi connectivity index (χ3n) is 4.32. The summed E-state index contributed by atoms with van der Waals surface area (Å²) in [5.41, 5.74) is 0.272. The minimum atomic E-state index is -0.847. The van der Waals surface area contributed by atoms with Gasteiger partial charge in [0.15, 0.2) is 6.61 Å². The number of esters is 1. The van der Waals surface area contributed by atoms with Crippen LogP contribution in [0.3, 0.4) is 0 Å². The summed E-state index contributed by atoms with van der Waals surface area (Å²) < 4.78 is 52.0. The molecular weight excluding hydrogens is 433 g/mol. The van der Waals surface area contributed by atoms with Gasteiger partial charge in [0.2, 0.25) is 0 Å². The summed E-state index contributed by atoms with van der Waals surface area (Å²) in [5, 5.41) is 5.41. The minimum Gasteiger partial charge on any atom is -0.483 e. The molecule has 1 amide bonds. The molecule has 10 heteroatoms. The van der Waals surface area contributed by atoms with Crippen molar-refractivity contribution in [3.8, 4) is 5.75 Å². The van der Waals surface area contributed by atoms with Gasteiger partial charge in [0.25, 0.3) is 5.91 Å². The van der Waals surface area contributed by atoms with Crippen LogP contribution in [0.25, 0.3) is 0 Å². The second-order valence-corrected chi connectivity index (χ2v) is 7.14. The van der Waals surface area contributed by atoms with Crippen molar-refractivity contribution in [1.82, 2.24) is 4.90 Å². The van der Waals surface area contributed by atoms with E-state index in [9.17, 15) is 22.8 Å². The molecule has 31 heavy (non-hydrogen) atoms. The number of hydrogen-bond acceptors (Lipinski definition) is 6. The van der Waals surface area contributed by atoms with Crippen LogP contribution in [-0.2, 0) is 27.3 Å². The van der Waals surface area contributed by atoms with Gasteiger partial charge in [0, 0.05) is 34.7 Å². The van der Waals surface area contributed by atoms with Crippen molar-refractivity contribution in [2.75, 3.05) is 19.8 Å². The molecule has 0 saturated carbocycles. The van der Waals surface area contributed by atoms with E-state index in [1.54, 1.807) is 19.9 Å². The standard InChI is InChI=1S/C21H23F3N2O4S/c1-3-16-18(24)7-14(22)8-19(16)30-12-20(27)26(11-21(28)29-4-2)10-13-5-6-15(31-25)9-17(13)23/h5-9H,3-4,10-12,25H2,1-2H3. The Kier molecular flexibility index (Phi) is 9.20. The number of carbonyl (C=O) groups is 2. The van der Waals surface area contributed by atoms with Crippen LogP contribution in [0, 0.1) is 17.5 Å². The Morgan fingerprint density at radius 2 is 1.84 bits per heavy atom. The summed E-state index contributed by atoms with van der Waals surface area (Å²) in [7, 11) is 0. The van der Waals surface area contributed by atoms with Gasteiger partial charge in [-0.1, -0.05) is 13.0 Å². The monoisotopic (exact) mass is 456 g/mol. The van der Waals surface area contributed by atoms with Gasteiger partial charge < -0.3 is 14.4 Å². The third-order valence-corrected chi connectivity index (χ3v) is 4.85. The van der Waals surface area contributed by atoms with Gasteiger partial charge in [0.05, 0.1) is 6.61 Å². The Hall–Kier alpha value is -2.72. The molecule has 2 aromatic rings. The predicted octanol–water partition coefficient (Wildman–Crippen LogP) is 3.60. The van der Waals surface area contributed by atoms with E-state index < -0.39 is 42.5 Å². The quantitative estimate of drug-likeness (QED) is 0.435. The molecule has 2 rings (SSSR count). The maximum absolute atomic E-state index is 14.3. The molecule has 2 aromatic carbocycles. The SMILES string of the molecule is CCOC(=O)CN(Cc1ccc(SN)cc1F)C(=O)COc1cc(F)cc(F)c1CC. The second-order valence-electron chi connectivity index (χ2n) is 6.43. The first-order chi connectivity index (χ1) is 14.8. The molecule has 0 radical (unpaired) electrons. The molecule has 0 heterocycles. The molecule has 0 bridgehead atoms. The first kappa shape index (κ1) is 24.5. The Morgan fingerprint density at radius 1 is 1.10 bits per heavy atom. The summed E-state index contributed by atoms with van der Waals surface area (Å²) in [6.07, 6.45) is 0.221. The van der Waals surface area contributed by atoms with E-state index in [2.05, 4.69) is 0 Å². The number of nitrogens with zero attached hydrogens (tertiary/aromatic N) is 1. The smallest absolute Gasteiger partial charge is 0.325 e. The molecule has 0 fully saturated rings. The molecule has 0 unspecified atom stereocenters. The highest BCUT2D eigenvalue weighted by Crippen LogP contribution is 2.24. The molecular formula is C21H23F3N2O4S.